The van der Waals surface area contributed by atoms with Gasteiger partial charge in [0, 0.05) is 6.92 Å². The summed E-state index contributed by atoms with van der Waals surface area (Å²) in [5, 5.41) is 55.9. The van der Waals surface area contributed by atoms with Gasteiger partial charge in [0.15, 0.2) is 12.6 Å². The molecule has 0 bridgehead atoms. The van der Waals surface area contributed by atoms with E-state index in [1.165, 1.54) is 118 Å². The lowest BCUT2D eigenvalue weighted by Gasteiger charge is -2.48. The zero-order valence-corrected chi connectivity index (χ0v) is 88.6. The van der Waals surface area contributed by atoms with Crippen molar-refractivity contribution in [2.75, 3.05) is 19.8 Å². The molecule has 13 atom stereocenters. The van der Waals surface area contributed by atoms with Gasteiger partial charge in [0.05, 0.1) is 19.8 Å². The Bertz CT molecular complexity index is 4210. The van der Waals surface area contributed by atoms with Crippen LogP contribution in [0.2, 0.25) is 0 Å². The van der Waals surface area contributed by atoms with Crippen LogP contribution < -0.4 is 10.6 Å². The van der Waals surface area contributed by atoms with Crippen molar-refractivity contribution in [3.63, 3.8) is 0 Å². The maximum absolute atomic E-state index is 13.6. The van der Waals surface area contributed by atoms with Gasteiger partial charge in [-0.3, -0.25) is 18.6 Å². The fraction of sp³-hybridized carbons (Fsp3) is 0.658. The number of alkyl halides is 3. The van der Waals surface area contributed by atoms with Crippen LogP contribution in [-0.4, -0.2) is 134 Å². The first-order chi connectivity index (χ1) is 63.7. The number of carbonyl (C=O) groups is 2. The monoisotopic (exact) mass is 1930 g/mol. The minimum absolute atomic E-state index is 0.0664. The van der Waals surface area contributed by atoms with Crippen molar-refractivity contribution < 1.29 is 94.8 Å². The highest BCUT2D eigenvalue weighted by Gasteiger charge is 2.55. The molecule has 2 fully saturated rings. The first-order valence-electron chi connectivity index (χ1n) is 50.1. The molecule has 0 saturated carbocycles. The zero-order valence-electron chi connectivity index (χ0n) is 86.8. The van der Waals surface area contributed by atoms with Crippen LogP contribution >= 0.6 is 15.6 Å². The molecule has 24 heteroatoms. The van der Waals surface area contributed by atoms with E-state index in [1.54, 1.807) is 0 Å². The molecular weight excluding hydrogens is 1750 g/mol. The normalized spacial score (nSPS) is 22.3. The van der Waals surface area contributed by atoms with E-state index < -0.39 is 115 Å². The van der Waals surface area contributed by atoms with Gasteiger partial charge in [-0.2, -0.15) is 17.5 Å². The first kappa shape index (κ1) is 125. The predicted octanol–water partition coefficient (Wildman–Crippen LogP) is 28.8. The van der Waals surface area contributed by atoms with Gasteiger partial charge in [-0.15, -0.1) is 0 Å². The van der Waals surface area contributed by atoms with Gasteiger partial charge in [-0.1, -0.05) is 217 Å². The number of carbonyl (C=O) groups excluding carboxylic acids is 2. The van der Waals surface area contributed by atoms with Gasteiger partial charge in [-0.25, -0.2) is 9.13 Å². The summed E-state index contributed by atoms with van der Waals surface area (Å²) in [6.07, 6.45) is 60.3. The number of rotatable bonds is 68. The number of phosphoric acid groups is 2. The first-order valence-corrected chi connectivity index (χ1v) is 53.1. The number of ether oxygens (including phenoxy) is 3. The van der Waals surface area contributed by atoms with E-state index in [9.17, 15) is 67.2 Å². The molecule has 0 aromatic rings. The van der Waals surface area contributed by atoms with Gasteiger partial charge in [0.25, 0.3) is 0 Å². The SMILES string of the molecule is CC(=O)N[C@H]1[C@H](O[C@H]2[C@H](O)[C@@H](NC(=O)C(F)(F)F)[C@@H](OP(=O)(O)OP(=O)(O)OCCC(C)CC/C=C(\C)CC/C=C(\C)CC/C=C(\C)CC/C=C(\C)CC/C=C(\C)CC/C=C(\C)CC/C=C(\C)CC/C=C(\C)CC/C=C(\C)CC/C=C(\C)CC/C=C(\C)CC/C=C(\C)CC/C=C(\C)CC/C=C(\C)CC/C=C(\C)CC/C=C(\C)CC/C=C(\C)CCC=C(C)C)O[C@@H]2CO)O[C@H](CO)[C@@H](O)[C@@H]1O. The van der Waals surface area contributed by atoms with Crippen molar-refractivity contribution in [2.24, 2.45) is 5.92 Å². The molecule has 768 valence electrons. The lowest BCUT2D eigenvalue weighted by atomic mass is 9.94. The number of phosphoric ester groups is 2. The number of allylic oxidation sites excluding steroid dienone is 36. The topological polar surface area (TPSA) is 289 Å². The molecule has 2 aliphatic rings. The highest BCUT2D eigenvalue weighted by molar-refractivity contribution is 7.61. The second kappa shape index (κ2) is 70.6. The van der Waals surface area contributed by atoms with Gasteiger partial charge in [0.1, 0.15) is 48.7 Å². The summed E-state index contributed by atoms with van der Waals surface area (Å²) in [4.78, 5) is 45.1. The van der Waals surface area contributed by atoms with Crippen molar-refractivity contribution in [2.45, 2.75) is 450 Å². The second-order valence-corrected chi connectivity index (χ2v) is 42.0. The number of hydrogen-bond donors (Lipinski definition) is 9. The Morgan fingerprint density at radius 1 is 0.341 bits per heavy atom. The summed E-state index contributed by atoms with van der Waals surface area (Å²) < 4.78 is 97.3. The van der Waals surface area contributed by atoms with E-state index in [2.05, 4.69) is 251 Å². The molecule has 0 aromatic carbocycles. The molecule has 2 aliphatic heterocycles. The van der Waals surface area contributed by atoms with Crippen LogP contribution in [0.15, 0.2) is 210 Å². The Balaban J connectivity index is 1.61. The van der Waals surface area contributed by atoms with Crippen molar-refractivity contribution in [3.8, 4) is 0 Å². The Labute approximate surface area is 814 Å². The summed E-state index contributed by atoms with van der Waals surface area (Å²) in [5.41, 5.74) is 26.3. The predicted molar refractivity (Wildman–Crippen MR) is 551 cm³/mol. The highest BCUT2D eigenvalue weighted by atomic mass is 31.3. The molecule has 0 radical (unpaired) electrons. The van der Waals surface area contributed by atoms with Crippen LogP contribution in [0.4, 0.5) is 13.2 Å². The van der Waals surface area contributed by atoms with Crippen LogP contribution in [0.25, 0.3) is 0 Å². The van der Waals surface area contributed by atoms with Crippen LogP contribution in [0, 0.1) is 5.92 Å². The number of hydrogen-bond acceptors (Lipinski definition) is 15. The van der Waals surface area contributed by atoms with Gasteiger partial charge in [0.2, 0.25) is 5.91 Å². The standard InChI is InChI=1S/C111H181F3N2O17P2/c1-80(2)40-22-41-81(3)42-23-43-82(4)44-24-45-83(5)46-25-47-84(6)48-26-49-85(7)50-27-51-86(8)52-28-53-87(9)54-29-55-88(10)56-30-57-89(11)58-31-59-90(12)60-32-61-91(13)62-33-63-92(14)64-34-65-93(15)66-35-67-94(16)68-36-69-95(17)70-37-71-96(18)72-38-73-97(19)74-39-75-98(20)76-77-128-134(124,125)133-135(126,127)132-109-103(116-110(123)111(112,113)114)106(122)107(101(79-118)130-109)131-108-102(115-99(21)119)105(121)104(120)100(78-117)129-108/h40,42,44,46,48,50,52,54,56,58,60,62,64,66,68,70,72,74,98,100-109,117-118,120-122H,22-39,41,43,45,47,49,51,53,55,57,59,61,63,65,67,69,71,73,75-79H2,1-21H3,(H,115,119)(H,116,123)(H,124,125)(H,126,127)/b81-42+,82-44+,83-46+,84-48+,85-50+,86-52+,87-54+,88-56+,89-58+,90-60+,91-62+,92-64+,93-66+,94-68+,95-70+,96-72+,97-74+/t98?,100-,101-,102-,103-,104-,105-,106-,107-,108+,109-/m1/s1. The number of aliphatic hydroxyl groups excluding tert-OH is 5. The lowest BCUT2D eigenvalue weighted by Crippen LogP contribution is -2.69. The molecule has 3 unspecified atom stereocenters. The molecule has 2 saturated heterocycles. The van der Waals surface area contributed by atoms with E-state index in [0.717, 1.165) is 212 Å². The quantitative estimate of drug-likeness (QED) is 0.0202. The Kier molecular flexibility index (Phi) is 65.4. The van der Waals surface area contributed by atoms with E-state index >= 15 is 0 Å². The van der Waals surface area contributed by atoms with Crippen molar-refractivity contribution >= 4 is 27.5 Å². The van der Waals surface area contributed by atoms with Gasteiger partial charge >= 0.3 is 27.7 Å². The van der Waals surface area contributed by atoms with E-state index in [4.69, 9.17) is 23.3 Å². The molecular formula is C111H181F3N2O17P2. The summed E-state index contributed by atoms with van der Waals surface area (Å²) in [7, 11) is -11.4. The lowest BCUT2D eigenvalue weighted by molar-refractivity contribution is -0.326. The number of aliphatic hydroxyl groups is 5. The third-order valence-electron chi connectivity index (χ3n) is 25.0. The molecule has 135 heavy (non-hydrogen) atoms. The van der Waals surface area contributed by atoms with E-state index in [0.29, 0.717) is 12.8 Å². The smallest absolute Gasteiger partial charge is 0.394 e. The highest BCUT2D eigenvalue weighted by Crippen LogP contribution is 2.61. The van der Waals surface area contributed by atoms with Crippen LogP contribution in [-0.2, 0) is 46.3 Å². The van der Waals surface area contributed by atoms with Crippen molar-refractivity contribution in [1.29, 1.82) is 0 Å². The van der Waals surface area contributed by atoms with Crippen LogP contribution in [0.1, 0.15) is 383 Å². The van der Waals surface area contributed by atoms with Gasteiger partial charge in [-0.05, 0) is 375 Å². The maximum Gasteiger partial charge on any atom is 0.483 e. The molecule has 0 spiro atoms. The summed E-state index contributed by atoms with van der Waals surface area (Å²) in [5.74, 6) is -3.60. The number of halogens is 3. The number of amides is 2. The third-order valence-corrected chi connectivity index (χ3v) is 27.6. The molecule has 9 N–H and O–H groups in total. The Hall–Kier alpha value is -6.01. The van der Waals surface area contributed by atoms with E-state index in [1.807, 2.05) is 6.92 Å². The third kappa shape index (κ3) is 61.3. The average molecular weight is 1930 g/mol. The van der Waals surface area contributed by atoms with Crippen LogP contribution in [0.3, 0.4) is 0 Å². The summed E-state index contributed by atoms with van der Waals surface area (Å²) in [6.45, 7) is 43.1. The summed E-state index contributed by atoms with van der Waals surface area (Å²) >= 11 is 0. The Morgan fingerprint density at radius 3 is 0.830 bits per heavy atom. The average Bonchev–Trinajstić information content (AvgIpc) is 0.769. The second-order valence-electron chi connectivity index (χ2n) is 39.0. The summed E-state index contributed by atoms with van der Waals surface area (Å²) in [6, 6.07) is -4.20. The van der Waals surface area contributed by atoms with Gasteiger partial charge < -0.3 is 60.2 Å². The van der Waals surface area contributed by atoms with E-state index in [-0.39, 0.29) is 12.3 Å². The van der Waals surface area contributed by atoms with Crippen molar-refractivity contribution in [3.05, 3.63) is 210 Å². The molecule has 0 aliphatic carbocycles. The molecule has 2 amide bonds. The molecule has 19 nitrogen and oxygen atoms in total. The van der Waals surface area contributed by atoms with Crippen molar-refractivity contribution in [1.82, 2.24) is 10.6 Å². The fourth-order valence-electron chi connectivity index (χ4n) is 15.9. The largest absolute Gasteiger partial charge is 0.483 e. The molecule has 0 aromatic heterocycles. The minimum Gasteiger partial charge on any atom is -0.394 e. The Morgan fingerprint density at radius 2 is 0.585 bits per heavy atom. The molecule has 2 rings (SSSR count). The number of nitrogens with one attached hydrogen (secondary N) is 2. The molecule has 2 heterocycles. The maximum atomic E-state index is 13.6. The fourth-order valence-corrected chi connectivity index (χ4v) is 18.1. The van der Waals surface area contributed by atoms with Crippen LogP contribution in [0.5, 0.6) is 0 Å². The zero-order chi connectivity index (χ0) is 101. The minimum atomic E-state index is -5.94.